The third-order valence-corrected chi connectivity index (χ3v) is 1.20. The van der Waals surface area contributed by atoms with Crippen molar-refractivity contribution in [2.45, 2.75) is 6.42 Å². The summed E-state index contributed by atoms with van der Waals surface area (Å²) in [4.78, 5) is 10.2. The second-order valence-corrected chi connectivity index (χ2v) is 2.06. The second-order valence-electron chi connectivity index (χ2n) is 2.06. The fourth-order valence-electron chi connectivity index (χ4n) is 0.770. The van der Waals surface area contributed by atoms with Crippen molar-refractivity contribution in [1.82, 2.24) is 0 Å². The molecule has 0 saturated heterocycles. The molecule has 0 heterocycles. The third kappa shape index (κ3) is 4.19. The Labute approximate surface area is 87.5 Å². The number of carbonyl (C=O) groups is 1. The minimum absolute atomic E-state index is 0. The Morgan fingerprint density at radius 1 is 1.27 bits per heavy atom. The molecule has 0 fully saturated rings. The minimum atomic E-state index is -0.786. The minimum Gasteiger partial charge on any atom is -0.481 e. The van der Waals surface area contributed by atoms with E-state index in [1.165, 1.54) is 0 Å². The Kier molecular flexibility index (Phi) is 5.20. The molecule has 3 heteroatoms. The summed E-state index contributed by atoms with van der Waals surface area (Å²) < 4.78 is 0. The first-order chi connectivity index (χ1) is 4.79. The van der Waals surface area contributed by atoms with E-state index in [1.807, 2.05) is 18.2 Å². The summed E-state index contributed by atoms with van der Waals surface area (Å²) in [5, 5.41) is 8.37. The summed E-state index contributed by atoms with van der Waals surface area (Å²) in [5.74, 6) is -0.786. The van der Waals surface area contributed by atoms with Gasteiger partial charge in [-0.15, -0.1) is 0 Å². The van der Waals surface area contributed by atoms with E-state index < -0.39 is 5.97 Å². The van der Waals surface area contributed by atoms with Crippen LogP contribution in [0.2, 0.25) is 0 Å². The standard InChI is InChI=1S/C8H8O2.Na/c9-8(10)6-7-4-2-1-3-5-7;/h1-5H,6H2,(H,9,10);. The summed E-state index contributed by atoms with van der Waals surface area (Å²) in [5.41, 5.74) is 0.843. The Bertz CT molecular complexity index is 221. The van der Waals surface area contributed by atoms with Crippen molar-refractivity contribution >= 4 is 35.5 Å². The molecule has 1 N–H and O–H groups in total. The van der Waals surface area contributed by atoms with Gasteiger partial charge >= 0.3 is 5.97 Å². The van der Waals surface area contributed by atoms with Crippen molar-refractivity contribution in [2.75, 3.05) is 0 Å². The van der Waals surface area contributed by atoms with Gasteiger partial charge in [0.1, 0.15) is 0 Å². The molecule has 1 radical (unpaired) electrons. The van der Waals surface area contributed by atoms with Gasteiger partial charge in [0.2, 0.25) is 0 Å². The maximum Gasteiger partial charge on any atom is 0.307 e. The Hall–Kier alpha value is -0.310. The average molecular weight is 159 g/mol. The largest absolute Gasteiger partial charge is 0.481 e. The van der Waals surface area contributed by atoms with Gasteiger partial charge in [0.05, 0.1) is 6.42 Å². The number of carboxylic acid groups (broad SMARTS) is 1. The van der Waals surface area contributed by atoms with Crippen LogP contribution in [-0.2, 0) is 11.2 Å². The predicted octanol–water partition coefficient (Wildman–Crippen LogP) is 0.933. The number of rotatable bonds is 2. The quantitative estimate of drug-likeness (QED) is 0.652. The van der Waals surface area contributed by atoms with Gasteiger partial charge in [-0.2, -0.15) is 0 Å². The molecule has 0 spiro atoms. The summed E-state index contributed by atoms with van der Waals surface area (Å²) >= 11 is 0. The van der Waals surface area contributed by atoms with Crippen LogP contribution in [0.15, 0.2) is 30.3 Å². The molecule has 1 aromatic carbocycles. The molecule has 1 rings (SSSR count). The van der Waals surface area contributed by atoms with Gasteiger partial charge in [0.15, 0.2) is 0 Å². The fourth-order valence-corrected chi connectivity index (χ4v) is 0.770. The van der Waals surface area contributed by atoms with Gasteiger partial charge in [-0.1, -0.05) is 30.3 Å². The van der Waals surface area contributed by atoms with E-state index in [9.17, 15) is 4.79 Å². The van der Waals surface area contributed by atoms with Crippen LogP contribution in [0, 0.1) is 0 Å². The summed E-state index contributed by atoms with van der Waals surface area (Å²) in [6.45, 7) is 0. The van der Waals surface area contributed by atoms with Gasteiger partial charge in [0, 0.05) is 29.6 Å². The second kappa shape index (κ2) is 5.35. The molecule has 0 atom stereocenters. The Morgan fingerprint density at radius 2 is 1.82 bits per heavy atom. The van der Waals surface area contributed by atoms with E-state index >= 15 is 0 Å². The average Bonchev–Trinajstić information content (AvgIpc) is 1.88. The van der Waals surface area contributed by atoms with Crippen molar-refractivity contribution < 1.29 is 9.90 Å². The summed E-state index contributed by atoms with van der Waals surface area (Å²) in [6.07, 6.45) is 0.112. The molecular weight excluding hydrogens is 151 g/mol. The molecule has 0 amide bonds. The number of benzene rings is 1. The van der Waals surface area contributed by atoms with Gasteiger partial charge in [0.25, 0.3) is 0 Å². The van der Waals surface area contributed by atoms with Crippen LogP contribution in [-0.4, -0.2) is 40.6 Å². The first-order valence-corrected chi connectivity index (χ1v) is 3.05. The molecule has 53 valence electrons. The van der Waals surface area contributed by atoms with Crippen molar-refractivity contribution in [3.8, 4) is 0 Å². The molecule has 0 saturated carbocycles. The molecule has 0 aliphatic carbocycles. The van der Waals surface area contributed by atoms with Crippen LogP contribution in [0.25, 0.3) is 0 Å². The van der Waals surface area contributed by atoms with Crippen molar-refractivity contribution in [1.29, 1.82) is 0 Å². The molecule has 2 nitrogen and oxygen atoms in total. The van der Waals surface area contributed by atoms with Crippen LogP contribution in [0.1, 0.15) is 5.56 Å². The molecule has 1 aromatic rings. The maximum atomic E-state index is 10.2. The van der Waals surface area contributed by atoms with E-state index in [4.69, 9.17) is 5.11 Å². The Morgan fingerprint density at radius 3 is 2.27 bits per heavy atom. The molecule has 0 unspecified atom stereocenters. The van der Waals surface area contributed by atoms with Crippen LogP contribution in [0.4, 0.5) is 0 Å². The molecular formula is C8H8NaO2. The van der Waals surface area contributed by atoms with E-state index in [-0.39, 0.29) is 36.0 Å². The van der Waals surface area contributed by atoms with Gasteiger partial charge < -0.3 is 5.11 Å². The summed E-state index contributed by atoms with van der Waals surface area (Å²) in [6, 6.07) is 9.13. The number of aliphatic carboxylic acids is 1. The smallest absolute Gasteiger partial charge is 0.307 e. The molecule has 0 bridgehead atoms. The van der Waals surface area contributed by atoms with Gasteiger partial charge in [-0.25, -0.2) is 0 Å². The van der Waals surface area contributed by atoms with Crippen LogP contribution in [0.5, 0.6) is 0 Å². The molecule has 0 aromatic heterocycles. The zero-order chi connectivity index (χ0) is 7.40. The number of hydrogen-bond acceptors (Lipinski definition) is 1. The Balaban J connectivity index is 0.000001000. The topological polar surface area (TPSA) is 37.3 Å². The maximum absolute atomic E-state index is 10.2. The van der Waals surface area contributed by atoms with E-state index in [2.05, 4.69) is 0 Å². The van der Waals surface area contributed by atoms with Crippen molar-refractivity contribution in [3.05, 3.63) is 35.9 Å². The first kappa shape index (κ1) is 10.7. The zero-order valence-corrected chi connectivity index (χ0v) is 8.45. The first-order valence-electron chi connectivity index (χ1n) is 3.05. The predicted molar refractivity (Wildman–Crippen MR) is 43.5 cm³/mol. The zero-order valence-electron chi connectivity index (χ0n) is 6.45. The van der Waals surface area contributed by atoms with Gasteiger partial charge in [-0.05, 0) is 5.56 Å². The van der Waals surface area contributed by atoms with Crippen LogP contribution >= 0.6 is 0 Å². The van der Waals surface area contributed by atoms with E-state index in [0.29, 0.717) is 0 Å². The van der Waals surface area contributed by atoms with Gasteiger partial charge in [-0.3, -0.25) is 4.79 Å². The summed E-state index contributed by atoms with van der Waals surface area (Å²) in [7, 11) is 0. The van der Waals surface area contributed by atoms with E-state index in [1.54, 1.807) is 12.1 Å². The third-order valence-electron chi connectivity index (χ3n) is 1.20. The molecule has 0 aliphatic heterocycles. The number of carboxylic acids is 1. The normalized spacial score (nSPS) is 8.36. The SMILES string of the molecule is O=C(O)Cc1ccccc1.[Na]. The van der Waals surface area contributed by atoms with E-state index in [0.717, 1.165) is 5.56 Å². The van der Waals surface area contributed by atoms with Crippen LogP contribution in [0.3, 0.4) is 0 Å². The molecule has 0 aliphatic rings. The van der Waals surface area contributed by atoms with Crippen molar-refractivity contribution in [3.63, 3.8) is 0 Å². The van der Waals surface area contributed by atoms with Crippen LogP contribution < -0.4 is 0 Å². The van der Waals surface area contributed by atoms with Crippen molar-refractivity contribution in [2.24, 2.45) is 0 Å². The number of hydrogen-bond donors (Lipinski definition) is 1. The molecule has 11 heavy (non-hydrogen) atoms. The monoisotopic (exact) mass is 159 g/mol. The fraction of sp³-hybridized carbons (Fsp3) is 0.125.